The minimum absolute atomic E-state index is 0.711. The Hall–Kier alpha value is -1.01. The van der Waals surface area contributed by atoms with Crippen molar-refractivity contribution in [3.8, 4) is 0 Å². The Kier molecular flexibility index (Phi) is 4.88. The number of aromatic nitrogens is 4. The van der Waals surface area contributed by atoms with Gasteiger partial charge in [0, 0.05) is 20.2 Å². The highest BCUT2D eigenvalue weighted by Crippen LogP contribution is 2.25. The van der Waals surface area contributed by atoms with Crippen LogP contribution in [0, 0.1) is 5.92 Å². The molecule has 0 radical (unpaired) electrons. The fourth-order valence-electron chi connectivity index (χ4n) is 2.30. The Morgan fingerprint density at radius 2 is 2.24 bits per heavy atom. The molecule has 1 heterocycles. The summed E-state index contributed by atoms with van der Waals surface area (Å²) in [4.78, 5) is 0. The summed E-state index contributed by atoms with van der Waals surface area (Å²) in [5, 5.41) is 15.1. The van der Waals surface area contributed by atoms with Gasteiger partial charge in [-0.1, -0.05) is 12.8 Å². The van der Waals surface area contributed by atoms with Crippen molar-refractivity contribution in [1.82, 2.24) is 25.5 Å². The van der Waals surface area contributed by atoms with Gasteiger partial charge >= 0.3 is 0 Å². The van der Waals surface area contributed by atoms with Crippen molar-refractivity contribution in [1.29, 1.82) is 0 Å². The molecule has 0 amide bonds. The van der Waals surface area contributed by atoms with Crippen LogP contribution in [0.5, 0.6) is 0 Å². The number of rotatable bonds is 7. The first kappa shape index (κ1) is 12.4. The molecular weight excluding hydrogens is 218 g/mol. The highest BCUT2D eigenvalue weighted by atomic mass is 16.5. The van der Waals surface area contributed by atoms with Crippen LogP contribution in [0.2, 0.25) is 0 Å². The minimum Gasteiger partial charge on any atom is -0.383 e. The number of hydrogen-bond acceptors (Lipinski definition) is 5. The fraction of sp³-hybridized carbons (Fsp3) is 0.909. The van der Waals surface area contributed by atoms with Crippen LogP contribution >= 0.6 is 0 Å². The Bertz CT molecular complexity index is 321. The molecule has 0 saturated heterocycles. The third-order valence-electron chi connectivity index (χ3n) is 3.28. The highest BCUT2D eigenvalue weighted by Gasteiger charge is 2.17. The van der Waals surface area contributed by atoms with Crippen molar-refractivity contribution in [2.75, 3.05) is 20.3 Å². The summed E-state index contributed by atoms with van der Waals surface area (Å²) in [6, 6.07) is 0. The predicted molar refractivity (Wildman–Crippen MR) is 63.4 cm³/mol. The van der Waals surface area contributed by atoms with Crippen molar-refractivity contribution in [3.63, 3.8) is 0 Å². The molecule has 1 N–H and O–H groups in total. The first-order valence-electron chi connectivity index (χ1n) is 6.35. The van der Waals surface area contributed by atoms with E-state index in [4.69, 9.17) is 4.74 Å². The van der Waals surface area contributed by atoms with Gasteiger partial charge in [0.25, 0.3) is 0 Å². The smallest absolute Gasteiger partial charge is 0.165 e. The maximum atomic E-state index is 4.98. The molecule has 0 bridgehead atoms. The Morgan fingerprint density at radius 3 is 3.00 bits per heavy atom. The van der Waals surface area contributed by atoms with Crippen LogP contribution in [0.25, 0.3) is 0 Å². The Balaban J connectivity index is 1.79. The minimum atomic E-state index is 0.711. The summed E-state index contributed by atoms with van der Waals surface area (Å²) >= 11 is 0. The summed E-state index contributed by atoms with van der Waals surface area (Å²) in [6.07, 6.45) is 5.34. The maximum absolute atomic E-state index is 4.98. The van der Waals surface area contributed by atoms with Crippen LogP contribution in [-0.2, 0) is 17.8 Å². The maximum Gasteiger partial charge on any atom is 0.165 e. The van der Waals surface area contributed by atoms with Crippen molar-refractivity contribution >= 4 is 0 Å². The molecule has 0 aromatic carbocycles. The number of ether oxygens (including phenoxy) is 1. The third kappa shape index (κ3) is 3.74. The zero-order chi connectivity index (χ0) is 11.9. The topological polar surface area (TPSA) is 64.9 Å². The zero-order valence-electron chi connectivity index (χ0n) is 10.4. The van der Waals surface area contributed by atoms with E-state index >= 15 is 0 Å². The molecule has 96 valence electrons. The van der Waals surface area contributed by atoms with E-state index in [0.717, 1.165) is 24.8 Å². The van der Waals surface area contributed by atoms with Gasteiger partial charge in [-0.15, -0.1) is 5.10 Å². The van der Waals surface area contributed by atoms with Crippen molar-refractivity contribution in [2.45, 2.75) is 38.8 Å². The second-order valence-corrected chi connectivity index (χ2v) is 4.60. The van der Waals surface area contributed by atoms with E-state index in [1.54, 1.807) is 7.11 Å². The van der Waals surface area contributed by atoms with E-state index < -0.39 is 0 Å². The summed E-state index contributed by atoms with van der Waals surface area (Å²) in [5.41, 5.74) is 0. The summed E-state index contributed by atoms with van der Waals surface area (Å²) in [5.74, 6) is 1.68. The Labute approximate surface area is 102 Å². The molecule has 1 saturated carbocycles. The number of methoxy groups -OCH3 is 1. The molecule has 1 aromatic rings. The lowest BCUT2D eigenvalue weighted by atomic mass is 10.1. The normalized spacial score (nSPS) is 16.8. The molecule has 1 aliphatic rings. The monoisotopic (exact) mass is 239 g/mol. The molecule has 0 spiro atoms. The average molecular weight is 239 g/mol. The number of nitrogens with zero attached hydrogens (tertiary/aromatic N) is 4. The molecular formula is C11H21N5O. The van der Waals surface area contributed by atoms with Crippen LogP contribution < -0.4 is 5.32 Å². The van der Waals surface area contributed by atoms with Gasteiger partial charge in [0.1, 0.15) is 0 Å². The standard InChI is InChI=1S/C11H21N5O/c1-17-7-6-12-8-11-13-14-15-16(11)9-10-4-2-3-5-10/h10,12H,2-9H2,1H3. The lowest BCUT2D eigenvalue weighted by molar-refractivity contribution is 0.198. The number of hydrogen-bond donors (Lipinski definition) is 1. The summed E-state index contributed by atoms with van der Waals surface area (Å²) in [7, 11) is 1.70. The van der Waals surface area contributed by atoms with Gasteiger partial charge in [0.05, 0.1) is 13.2 Å². The molecule has 0 atom stereocenters. The van der Waals surface area contributed by atoms with E-state index in [2.05, 4.69) is 20.8 Å². The quantitative estimate of drug-likeness (QED) is 0.706. The van der Waals surface area contributed by atoms with Crippen molar-refractivity contribution in [2.24, 2.45) is 5.92 Å². The van der Waals surface area contributed by atoms with Gasteiger partial charge in [-0.2, -0.15) is 0 Å². The van der Waals surface area contributed by atoms with Crippen molar-refractivity contribution in [3.05, 3.63) is 5.82 Å². The van der Waals surface area contributed by atoms with Gasteiger partial charge in [-0.25, -0.2) is 4.68 Å². The van der Waals surface area contributed by atoms with Crippen molar-refractivity contribution < 1.29 is 4.74 Å². The lowest BCUT2D eigenvalue weighted by Crippen LogP contribution is -2.22. The van der Waals surface area contributed by atoms with Gasteiger partial charge in [0.15, 0.2) is 5.82 Å². The van der Waals surface area contributed by atoms with Crippen LogP contribution in [0.1, 0.15) is 31.5 Å². The second kappa shape index (κ2) is 6.66. The predicted octanol–water partition coefficient (Wildman–Crippen LogP) is 0.599. The van der Waals surface area contributed by atoms with Gasteiger partial charge in [0.2, 0.25) is 0 Å². The first-order valence-corrected chi connectivity index (χ1v) is 6.35. The first-order chi connectivity index (χ1) is 8.40. The molecule has 17 heavy (non-hydrogen) atoms. The van der Waals surface area contributed by atoms with Crippen LogP contribution in [0.15, 0.2) is 0 Å². The molecule has 6 nitrogen and oxygen atoms in total. The van der Waals surface area contributed by atoms with E-state index in [0.29, 0.717) is 13.2 Å². The van der Waals surface area contributed by atoms with Crippen LogP contribution in [0.3, 0.4) is 0 Å². The number of tetrazole rings is 1. The molecule has 0 aliphatic heterocycles. The lowest BCUT2D eigenvalue weighted by Gasteiger charge is -2.10. The van der Waals surface area contributed by atoms with E-state index in [9.17, 15) is 0 Å². The summed E-state index contributed by atoms with van der Waals surface area (Å²) < 4.78 is 6.92. The van der Waals surface area contributed by atoms with E-state index in [-0.39, 0.29) is 0 Å². The third-order valence-corrected chi connectivity index (χ3v) is 3.28. The largest absolute Gasteiger partial charge is 0.383 e. The molecule has 6 heteroatoms. The SMILES string of the molecule is COCCNCc1nnnn1CC1CCCC1. The highest BCUT2D eigenvalue weighted by molar-refractivity contribution is 4.81. The van der Waals surface area contributed by atoms with E-state index in [1.807, 2.05) is 4.68 Å². The average Bonchev–Trinajstić information content (AvgIpc) is 2.97. The Morgan fingerprint density at radius 1 is 1.41 bits per heavy atom. The second-order valence-electron chi connectivity index (χ2n) is 4.60. The summed E-state index contributed by atoms with van der Waals surface area (Å²) in [6.45, 7) is 3.22. The van der Waals surface area contributed by atoms with E-state index in [1.165, 1.54) is 25.7 Å². The zero-order valence-corrected chi connectivity index (χ0v) is 10.4. The van der Waals surface area contributed by atoms with Gasteiger partial charge in [-0.05, 0) is 29.2 Å². The molecule has 1 fully saturated rings. The molecule has 1 aliphatic carbocycles. The number of nitrogens with one attached hydrogen (secondary N) is 1. The van der Waals surface area contributed by atoms with Crippen LogP contribution in [-0.4, -0.2) is 40.5 Å². The molecule has 0 unspecified atom stereocenters. The molecule has 1 aromatic heterocycles. The molecule has 2 rings (SSSR count). The van der Waals surface area contributed by atoms with Gasteiger partial charge < -0.3 is 10.1 Å². The van der Waals surface area contributed by atoms with Gasteiger partial charge in [-0.3, -0.25) is 0 Å². The fourth-order valence-corrected chi connectivity index (χ4v) is 2.30. The van der Waals surface area contributed by atoms with Crippen LogP contribution in [0.4, 0.5) is 0 Å².